The Bertz CT molecular complexity index is 331. The zero-order chi connectivity index (χ0) is 9.73. The fraction of sp³-hybridized carbons (Fsp3) is 0.571. The van der Waals surface area contributed by atoms with Crippen molar-refractivity contribution < 1.29 is 13.5 Å². The standard InChI is InChI=1S/C7H11N2O3S/c10-3-1-2-4-13(11,12)7-5-8-6-9-7/h5-6H,1-4H2,(H,8,9). The van der Waals surface area contributed by atoms with E-state index in [1.807, 2.05) is 0 Å². The molecule has 0 saturated heterocycles. The van der Waals surface area contributed by atoms with E-state index in [2.05, 4.69) is 9.97 Å². The Labute approximate surface area is 76.7 Å². The van der Waals surface area contributed by atoms with Crippen LogP contribution >= 0.6 is 0 Å². The SMILES string of the molecule is [O]CCCCS(=O)(=O)c1c[nH]cn1. The van der Waals surface area contributed by atoms with Gasteiger partial charge in [0.2, 0.25) is 0 Å². The summed E-state index contributed by atoms with van der Waals surface area (Å²) in [6.45, 7) is -0.226. The van der Waals surface area contributed by atoms with Gasteiger partial charge in [0.1, 0.15) is 0 Å². The van der Waals surface area contributed by atoms with Crippen molar-refractivity contribution in [2.75, 3.05) is 12.4 Å². The lowest BCUT2D eigenvalue weighted by Gasteiger charge is -1.98. The monoisotopic (exact) mass is 203 g/mol. The zero-order valence-electron chi connectivity index (χ0n) is 7.06. The lowest BCUT2D eigenvalue weighted by atomic mass is 10.4. The number of hydrogen-bond acceptors (Lipinski definition) is 3. The molecule has 1 aromatic rings. The van der Waals surface area contributed by atoms with E-state index in [0.29, 0.717) is 12.8 Å². The number of aromatic nitrogens is 2. The lowest BCUT2D eigenvalue weighted by Crippen LogP contribution is -2.07. The summed E-state index contributed by atoms with van der Waals surface area (Å²) in [5, 5.41) is 10.1. The highest BCUT2D eigenvalue weighted by molar-refractivity contribution is 7.91. The van der Waals surface area contributed by atoms with Crippen LogP contribution in [0.5, 0.6) is 0 Å². The number of unbranched alkanes of at least 4 members (excludes halogenated alkanes) is 1. The normalized spacial score (nSPS) is 11.8. The smallest absolute Gasteiger partial charge is 0.197 e. The summed E-state index contributed by atoms with van der Waals surface area (Å²) in [5.74, 6) is 0.0000926. The van der Waals surface area contributed by atoms with Crippen molar-refractivity contribution in [2.24, 2.45) is 0 Å². The molecule has 0 aromatic carbocycles. The minimum Gasteiger partial charge on any atom is -0.350 e. The molecule has 0 saturated carbocycles. The molecule has 0 spiro atoms. The van der Waals surface area contributed by atoms with Crippen LogP contribution in [0.3, 0.4) is 0 Å². The van der Waals surface area contributed by atoms with Gasteiger partial charge in [0.15, 0.2) is 14.9 Å². The van der Waals surface area contributed by atoms with E-state index in [1.165, 1.54) is 12.5 Å². The van der Waals surface area contributed by atoms with Gasteiger partial charge in [-0.15, -0.1) is 0 Å². The zero-order valence-corrected chi connectivity index (χ0v) is 7.88. The van der Waals surface area contributed by atoms with Crippen LogP contribution in [0.2, 0.25) is 0 Å². The predicted molar refractivity (Wildman–Crippen MR) is 45.4 cm³/mol. The molecule has 13 heavy (non-hydrogen) atoms. The summed E-state index contributed by atoms with van der Waals surface area (Å²) in [6, 6.07) is 0. The maximum Gasteiger partial charge on any atom is 0.197 e. The van der Waals surface area contributed by atoms with Gasteiger partial charge in [0.25, 0.3) is 0 Å². The Balaban J connectivity index is 2.58. The van der Waals surface area contributed by atoms with E-state index in [-0.39, 0.29) is 17.4 Å². The molecule has 1 rings (SSSR count). The first-order valence-corrected chi connectivity index (χ1v) is 5.61. The van der Waals surface area contributed by atoms with Gasteiger partial charge in [-0.3, -0.25) is 0 Å². The van der Waals surface area contributed by atoms with Gasteiger partial charge >= 0.3 is 0 Å². The van der Waals surface area contributed by atoms with Gasteiger partial charge in [-0.25, -0.2) is 18.5 Å². The number of nitrogens with one attached hydrogen (secondary N) is 1. The lowest BCUT2D eigenvalue weighted by molar-refractivity contribution is 0.188. The minimum atomic E-state index is -3.27. The van der Waals surface area contributed by atoms with Gasteiger partial charge < -0.3 is 4.98 Å². The van der Waals surface area contributed by atoms with E-state index in [0.717, 1.165) is 0 Å². The van der Waals surface area contributed by atoms with Crippen LogP contribution in [0, 0.1) is 0 Å². The van der Waals surface area contributed by atoms with Gasteiger partial charge in [0, 0.05) is 6.20 Å². The molecule has 73 valence electrons. The van der Waals surface area contributed by atoms with Crippen LogP contribution in [-0.2, 0) is 14.9 Å². The van der Waals surface area contributed by atoms with Crippen LogP contribution in [0.1, 0.15) is 12.8 Å². The second-order valence-corrected chi connectivity index (χ2v) is 4.69. The fourth-order valence-electron chi connectivity index (χ4n) is 0.916. The minimum absolute atomic E-state index is 0.0000926. The summed E-state index contributed by atoms with van der Waals surface area (Å²) in [6.07, 6.45) is 3.45. The summed E-state index contributed by atoms with van der Waals surface area (Å²) < 4.78 is 22.8. The molecular formula is C7H11N2O3S. The van der Waals surface area contributed by atoms with Crippen LogP contribution < -0.4 is 0 Å². The number of hydrogen-bond donors (Lipinski definition) is 1. The molecule has 0 aliphatic carbocycles. The van der Waals surface area contributed by atoms with Gasteiger partial charge in [0.05, 0.1) is 18.7 Å². The molecule has 0 aliphatic rings. The van der Waals surface area contributed by atoms with Gasteiger partial charge in [-0.1, -0.05) is 0 Å². The first kappa shape index (κ1) is 10.2. The fourth-order valence-corrected chi connectivity index (χ4v) is 2.17. The summed E-state index contributed by atoms with van der Waals surface area (Å²) in [7, 11) is -3.27. The Kier molecular flexibility index (Phi) is 3.44. The third-order valence-corrected chi connectivity index (χ3v) is 3.29. The molecule has 1 aromatic heterocycles. The van der Waals surface area contributed by atoms with Crippen molar-refractivity contribution in [1.82, 2.24) is 9.97 Å². The van der Waals surface area contributed by atoms with Crippen molar-refractivity contribution in [3.05, 3.63) is 12.5 Å². The number of nitrogens with zero attached hydrogens (tertiary/aromatic N) is 1. The highest BCUT2D eigenvalue weighted by atomic mass is 32.2. The summed E-state index contributed by atoms with van der Waals surface area (Å²) in [4.78, 5) is 6.22. The second kappa shape index (κ2) is 4.38. The molecule has 0 unspecified atom stereocenters. The average Bonchev–Trinajstić information content (AvgIpc) is 2.56. The van der Waals surface area contributed by atoms with Crippen molar-refractivity contribution in [1.29, 1.82) is 0 Å². The highest BCUT2D eigenvalue weighted by Crippen LogP contribution is 2.07. The Morgan fingerprint density at radius 2 is 2.15 bits per heavy atom. The van der Waals surface area contributed by atoms with Crippen LogP contribution in [-0.4, -0.2) is 30.7 Å². The molecule has 1 radical (unpaired) electrons. The van der Waals surface area contributed by atoms with Gasteiger partial charge in [-0.2, -0.15) is 0 Å². The number of imidazole rings is 1. The quantitative estimate of drug-likeness (QED) is 0.703. The topological polar surface area (TPSA) is 82.7 Å². The van der Waals surface area contributed by atoms with E-state index in [1.54, 1.807) is 0 Å². The van der Waals surface area contributed by atoms with E-state index >= 15 is 0 Å². The highest BCUT2D eigenvalue weighted by Gasteiger charge is 2.15. The van der Waals surface area contributed by atoms with Crippen molar-refractivity contribution in [3.8, 4) is 0 Å². The number of rotatable bonds is 5. The van der Waals surface area contributed by atoms with Gasteiger partial charge in [-0.05, 0) is 12.8 Å². The first-order valence-electron chi connectivity index (χ1n) is 3.96. The van der Waals surface area contributed by atoms with E-state index in [4.69, 9.17) is 0 Å². The molecular weight excluding hydrogens is 192 g/mol. The van der Waals surface area contributed by atoms with Crippen LogP contribution in [0.4, 0.5) is 0 Å². The number of sulfone groups is 1. The third kappa shape index (κ3) is 2.82. The van der Waals surface area contributed by atoms with E-state index < -0.39 is 9.84 Å². The average molecular weight is 203 g/mol. The molecule has 0 atom stereocenters. The molecule has 5 nitrogen and oxygen atoms in total. The molecule has 0 aliphatic heterocycles. The second-order valence-electron chi connectivity index (χ2n) is 2.64. The third-order valence-electron chi connectivity index (χ3n) is 1.60. The maximum atomic E-state index is 11.4. The maximum absolute atomic E-state index is 11.4. The molecule has 6 heteroatoms. The Hall–Kier alpha value is -0.880. The largest absolute Gasteiger partial charge is 0.350 e. The Morgan fingerprint density at radius 1 is 1.38 bits per heavy atom. The Morgan fingerprint density at radius 3 is 2.69 bits per heavy atom. The summed E-state index contributed by atoms with van der Waals surface area (Å²) >= 11 is 0. The molecule has 0 bridgehead atoms. The first-order chi connectivity index (χ1) is 6.17. The van der Waals surface area contributed by atoms with Crippen molar-refractivity contribution >= 4 is 9.84 Å². The molecule has 1 heterocycles. The predicted octanol–water partition coefficient (Wildman–Crippen LogP) is 0.394. The van der Waals surface area contributed by atoms with Crippen molar-refractivity contribution in [3.63, 3.8) is 0 Å². The molecule has 0 amide bonds. The van der Waals surface area contributed by atoms with Crippen LogP contribution in [0.25, 0.3) is 0 Å². The van der Waals surface area contributed by atoms with Crippen LogP contribution in [0.15, 0.2) is 17.6 Å². The summed E-state index contributed by atoms with van der Waals surface area (Å²) in [5.41, 5.74) is 0. The number of H-pyrrole nitrogens is 1. The number of aromatic amines is 1. The molecule has 1 N–H and O–H groups in total. The van der Waals surface area contributed by atoms with E-state index in [9.17, 15) is 13.5 Å². The molecule has 0 fully saturated rings. The van der Waals surface area contributed by atoms with Crippen molar-refractivity contribution in [2.45, 2.75) is 17.9 Å².